The summed E-state index contributed by atoms with van der Waals surface area (Å²) >= 11 is 0. The predicted molar refractivity (Wildman–Crippen MR) is 128 cm³/mol. The van der Waals surface area contributed by atoms with Gasteiger partial charge in [-0.15, -0.1) is 0 Å². The average Bonchev–Trinajstić information content (AvgIpc) is 2.82. The van der Waals surface area contributed by atoms with E-state index >= 15 is 0 Å². The lowest BCUT2D eigenvalue weighted by molar-refractivity contribution is -0.119. The van der Waals surface area contributed by atoms with Crippen LogP contribution in [-0.2, 0) is 14.8 Å². The normalized spacial score (nSPS) is 11.0. The van der Waals surface area contributed by atoms with Crippen LogP contribution in [0.3, 0.4) is 0 Å². The zero-order valence-electron chi connectivity index (χ0n) is 19.0. The molecule has 34 heavy (non-hydrogen) atoms. The number of hydrogen-bond acceptors (Lipinski definition) is 5. The number of amides is 1. The van der Waals surface area contributed by atoms with Crippen LogP contribution in [-0.4, -0.2) is 40.6 Å². The number of rotatable bonds is 11. The van der Waals surface area contributed by atoms with E-state index in [0.717, 1.165) is 22.0 Å². The first kappa shape index (κ1) is 25.0. The number of carbonyl (C=O) groups excluding carboxylic acids is 1. The highest BCUT2D eigenvalue weighted by Gasteiger charge is 2.27. The fourth-order valence-corrected chi connectivity index (χ4v) is 4.53. The molecule has 0 bridgehead atoms. The lowest BCUT2D eigenvalue weighted by Crippen LogP contribution is -2.41. The number of nitrogens with one attached hydrogen (secondary N) is 1. The van der Waals surface area contributed by atoms with Crippen LogP contribution in [0.4, 0.5) is 10.1 Å². The van der Waals surface area contributed by atoms with Gasteiger partial charge in [-0.05, 0) is 74.5 Å². The van der Waals surface area contributed by atoms with Gasteiger partial charge in [-0.1, -0.05) is 17.7 Å². The topological polar surface area (TPSA) is 84.9 Å². The van der Waals surface area contributed by atoms with Gasteiger partial charge in [0.25, 0.3) is 10.0 Å². The molecule has 7 nitrogen and oxygen atoms in total. The number of benzene rings is 3. The van der Waals surface area contributed by atoms with E-state index in [-0.39, 0.29) is 23.7 Å². The van der Waals surface area contributed by atoms with Crippen molar-refractivity contribution in [2.75, 3.05) is 30.6 Å². The largest absolute Gasteiger partial charge is 0.494 e. The van der Waals surface area contributed by atoms with E-state index in [1.807, 2.05) is 38.1 Å². The van der Waals surface area contributed by atoms with Crippen molar-refractivity contribution >= 4 is 21.6 Å². The fraction of sp³-hybridized carbons (Fsp3) is 0.240. The Morgan fingerprint density at radius 1 is 0.912 bits per heavy atom. The zero-order chi connectivity index (χ0) is 24.6. The van der Waals surface area contributed by atoms with Crippen LogP contribution in [0.15, 0.2) is 77.7 Å². The standard InChI is InChI=1S/C25H27FN2O5S/c1-3-32-22-12-8-21(9-13-22)28(34(30,31)24-14-6-20(26)7-15-24)18-25(29)27-16-17-33-23-10-4-19(2)5-11-23/h4-15H,3,16-18H2,1-2H3,(H,27,29). The monoisotopic (exact) mass is 486 g/mol. The molecular weight excluding hydrogens is 459 g/mol. The van der Waals surface area contributed by atoms with Crippen molar-refractivity contribution in [2.24, 2.45) is 0 Å². The van der Waals surface area contributed by atoms with E-state index in [2.05, 4.69) is 5.32 Å². The van der Waals surface area contributed by atoms with Crippen molar-refractivity contribution in [1.29, 1.82) is 0 Å². The van der Waals surface area contributed by atoms with Gasteiger partial charge < -0.3 is 14.8 Å². The van der Waals surface area contributed by atoms with Gasteiger partial charge in [0, 0.05) is 0 Å². The number of carbonyl (C=O) groups is 1. The van der Waals surface area contributed by atoms with Gasteiger partial charge in [0.1, 0.15) is 30.5 Å². The molecule has 0 saturated carbocycles. The van der Waals surface area contributed by atoms with E-state index in [1.54, 1.807) is 24.3 Å². The van der Waals surface area contributed by atoms with E-state index in [4.69, 9.17) is 9.47 Å². The van der Waals surface area contributed by atoms with Crippen molar-refractivity contribution in [3.63, 3.8) is 0 Å². The number of anilines is 1. The highest BCUT2D eigenvalue weighted by Crippen LogP contribution is 2.26. The van der Waals surface area contributed by atoms with Crippen LogP contribution in [0.1, 0.15) is 12.5 Å². The van der Waals surface area contributed by atoms with E-state index in [1.165, 1.54) is 12.1 Å². The SMILES string of the molecule is CCOc1ccc(N(CC(=O)NCCOc2ccc(C)cc2)S(=O)(=O)c2ccc(F)cc2)cc1. The minimum Gasteiger partial charge on any atom is -0.494 e. The van der Waals surface area contributed by atoms with E-state index < -0.39 is 28.3 Å². The number of ether oxygens (including phenoxy) is 2. The second-order valence-electron chi connectivity index (χ2n) is 7.40. The molecule has 0 aliphatic carbocycles. The summed E-state index contributed by atoms with van der Waals surface area (Å²) in [6.45, 7) is 4.23. The van der Waals surface area contributed by atoms with Gasteiger partial charge in [-0.2, -0.15) is 0 Å². The Bertz CT molecular complexity index is 1180. The minimum absolute atomic E-state index is 0.127. The van der Waals surface area contributed by atoms with Crippen LogP contribution < -0.4 is 19.1 Å². The van der Waals surface area contributed by atoms with E-state index in [9.17, 15) is 17.6 Å². The summed E-state index contributed by atoms with van der Waals surface area (Å²) in [6, 6.07) is 18.3. The Balaban J connectivity index is 1.71. The summed E-state index contributed by atoms with van der Waals surface area (Å²) in [7, 11) is -4.13. The van der Waals surface area contributed by atoms with E-state index in [0.29, 0.717) is 18.1 Å². The van der Waals surface area contributed by atoms with Crippen molar-refractivity contribution in [3.8, 4) is 11.5 Å². The summed E-state index contributed by atoms with van der Waals surface area (Å²) in [5, 5.41) is 2.67. The second kappa shape index (κ2) is 11.5. The van der Waals surface area contributed by atoms with Gasteiger partial charge in [-0.25, -0.2) is 12.8 Å². The summed E-state index contributed by atoms with van der Waals surface area (Å²) in [4.78, 5) is 12.5. The second-order valence-corrected chi connectivity index (χ2v) is 9.27. The van der Waals surface area contributed by atoms with Crippen LogP contribution in [0.5, 0.6) is 11.5 Å². The first-order valence-corrected chi connectivity index (χ1v) is 12.2. The lowest BCUT2D eigenvalue weighted by Gasteiger charge is -2.24. The zero-order valence-corrected chi connectivity index (χ0v) is 19.8. The summed E-state index contributed by atoms with van der Waals surface area (Å²) < 4.78 is 51.9. The number of sulfonamides is 1. The molecule has 3 rings (SSSR count). The summed E-state index contributed by atoms with van der Waals surface area (Å²) in [6.07, 6.45) is 0. The van der Waals surface area contributed by atoms with Crippen LogP contribution >= 0.6 is 0 Å². The maximum atomic E-state index is 13.3. The Labute approximate surface area is 199 Å². The molecule has 0 fully saturated rings. The average molecular weight is 487 g/mol. The molecule has 1 N–H and O–H groups in total. The van der Waals surface area contributed by atoms with Crippen molar-refractivity contribution in [2.45, 2.75) is 18.7 Å². The molecule has 1 amide bonds. The molecule has 180 valence electrons. The fourth-order valence-electron chi connectivity index (χ4n) is 3.10. The molecule has 0 saturated heterocycles. The molecule has 0 spiro atoms. The minimum atomic E-state index is -4.13. The Kier molecular flexibility index (Phi) is 8.48. The molecule has 9 heteroatoms. The molecule has 3 aromatic rings. The third-order valence-electron chi connectivity index (χ3n) is 4.84. The molecule has 0 aromatic heterocycles. The number of nitrogens with zero attached hydrogens (tertiary/aromatic N) is 1. The third-order valence-corrected chi connectivity index (χ3v) is 6.63. The van der Waals surface area contributed by atoms with Gasteiger partial charge >= 0.3 is 0 Å². The first-order chi connectivity index (χ1) is 16.3. The molecule has 0 radical (unpaired) electrons. The van der Waals surface area contributed by atoms with Gasteiger partial charge in [0.05, 0.1) is 23.7 Å². The molecular formula is C25H27FN2O5S. The summed E-state index contributed by atoms with van der Waals surface area (Å²) in [5.41, 5.74) is 1.39. The third kappa shape index (κ3) is 6.71. The van der Waals surface area contributed by atoms with Gasteiger partial charge in [0.2, 0.25) is 5.91 Å². The van der Waals surface area contributed by atoms with Crippen molar-refractivity contribution < 1.29 is 27.1 Å². The van der Waals surface area contributed by atoms with Crippen LogP contribution in [0.25, 0.3) is 0 Å². The molecule has 0 atom stereocenters. The highest BCUT2D eigenvalue weighted by atomic mass is 32.2. The summed E-state index contributed by atoms with van der Waals surface area (Å²) in [5.74, 6) is 0.183. The van der Waals surface area contributed by atoms with Gasteiger partial charge in [0.15, 0.2) is 0 Å². The number of aryl methyl sites for hydroxylation is 1. The predicted octanol–water partition coefficient (Wildman–Crippen LogP) is 3.92. The lowest BCUT2D eigenvalue weighted by atomic mass is 10.2. The smallest absolute Gasteiger partial charge is 0.264 e. The van der Waals surface area contributed by atoms with Crippen LogP contribution in [0, 0.1) is 12.7 Å². The molecule has 3 aromatic carbocycles. The molecule has 0 heterocycles. The quantitative estimate of drug-likeness (QED) is 0.415. The molecule has 0 unspecified atom stereocenters. The molecule has 0 aliphatic rings. The van der Waals surface area contributed by atoms with Gasteiger partial charge in [-0.3, -0.25) is 9.10 Å². The van der Waals surface area contributed by atoms with Crippen LogP contribution in [0.2, 0.25) is 0 Å². The maximum Gasteiger partial charge on any atom is 0.264 e. The highest BCUT2D eigenvalue weighted by molar-refractivity contribution is 7.92. The maximum absolute atomic E-state index is 13.3. The number of halogens is 1. The number of hydrogen-bond donors (Lipinski definition) is 1. The Hall–Kier alpha value is -3.59. The Morgan fingerprint density at radius 2 is 1.50 bits per heavy atom. The first-order valence-electron chi connectivity index (χ1n) is 10.8. The molecule has 0 aliphatic heterocycles. The van der Waals surface area contributed by atoms with Crippen molar-refractivity contribution in [1.82, 2.24) is 5.32 Å². The van der Waals surface area contributed by atoms with Crippen molar-refractivity contribution in [3.05, 3.63) is 84.2 Å². The Morgan fingerprint density at radius 3 is 2.12 bits per heavy atom.